The second-order valence-electron chi connectivity index (χ2n) is 13.8. The first-order valence-electron chi connectivity index (χ1n) is 19.4. The van der Waals surface area contributed by atoms with Crippen molar-refractivity contribution in [2.24, 2.45) is 0 Å². The molecule has 14 heteroatoms. The Morgan fingerprint density at radius 1 is 0.450 bits per heavy atom. The number of carbonyl (C=O) groups is 2. The number of carbonyl (C=O) groups excluding carboxylic acids is 2. The van der Waals surface area contributed by atoms with E-state index in [2.05, 4.69) is 10.6 Å². The number of hydrogen-bond donors (Lipinski definition) is 2. The molecule has 0 unspecified atom stereocenters. The molecular formula is C46H44N6O8. The van der Waals surface area contributed by atoms with Crippen molar-refractivity contribution in [1.29, 1.82) is 0 Å². The van der Waals surface area contributed by atoms with Crippen LogP contribution < -0.4 is 20.1 Å². The fourth-order valence-electron chi connectivity index (χ4n) is 6.22. The lowest BCUT2D eigenvalue weighted by Crippen LogP contribution is -2.35. The van der Waals surface area contributed by atoms with Crippen LogP contribution >= 0.6 is 0 Å². The first kappa shape index (κ1) is 41.9. The maximum absolute atomic E-state index is 13.5. The third kappa shape index (κ3) is 12.9. The van der Waals surface area contributed by atoms with Crippen molar-refractivity contribution >= 4 is 34.8 Å². The summed E-state index contributed by atoms with van der Waals surface area (Å²) in [7, 11) is 0. The summed E-state index contributed by atoms with van der Waals surface area (Å²) in [5.41, 5.74) is 3.16. The van der Waals surface area contributed by atoms with Crippen LogP contribution in [0, 0.1) is 20.2 Å². The molecule has 0 saturated heterocycles. The number of rotatable bonds is 19. The number of nitro groups is 2. The summed E-state index contributed by atoms with van der Waals surface area (Å²) >= 11 is 0. The predicted octanol–water partition coefficient (Wildman–Crippen LogP) is 11.4. The zero-order valence-corrected chi connectivity index (χ0v) is 32.7. The molecule has 0 aliphatic heterocycles. The number of para-hydroxylation sites is 2. The Labute approximate surface area is 347 Å². The number of non-ortho nitro benzene ring substituents is 2. The van der Waals surface area contributed by atoms with Crippen LogP contribution in [-0.2, 0) is 13.1 Å². The number of nitrogens with zero attached hydrogens (tertiary/aromatic N) is 4. The van der Waals surface area contributed by atoms with Gasteiger partial charge in [0, 0.05) is 61.8 Å². The zero-order valence-electron chi connectivity index (χ0n) is 32.7. The first-order chi connectivity index (χ1) is 29.2. The molecule has 306 valence electrons. The van der Waals surface area contributed by atoms with Gasteiger partial charge in [-0.1, -0.05) is 73.5 Å². The van der Waals surface area contributed by atoms with Crippen LogP contribution in [0.25, 0.3) is 0 Å². The minimum absolute atomic E-state index is 0.0187. The number of ether oxygens (including phenoxy) is 2. The lowest BCUT2D eigenvalue weighted by atomic mass is 10.1. The standard InChI is InChI=1S/C46H44N6O8/c53-45(47-37-11-5-3-6-12-37)49(33-35-15-23-41(24-16-35)59-43-27-19-39(20-28-43)51(55)56)31-9-1-2-10-32-50(46(54)48-38-13-7-4-8-14-38)34-36-17-25-42(26-18-36)60-44-29-21-40(22-30-44)52(57)58/h3-8,11-30H,1-2,9-10,31-34H2,(H,47,53)(H,48,54). The van der Waals surface area contributed by atoms with E-state index in [1.165, 1.54) is 24.3 Å². The minimum Gasteiger partial charge on any atom is -0.457 e. The van der Waals surface area contributed by atoms with Gasteiger partial charge in [0.15, 0.2) is 0 Å². The van der Waals surface area contributed by atoms with Crippen molar-refractivity contribution in [1.82, 2.24) is 9.80 Å². The van der Waals surface area contributed by atoms with Crippen molar-refractivity contribution in [3.63, 3.8) is 0 Å². The molecule has 0 spiro atoms. The highest BCUT2D eigenvalue weighted by molar-refractivity contribution is 5.89. The predicted molar refractivity (Wildman–Crippen MR) is 229 cm³/mol. The van der Waals surface area contributed by atoms with Gasteiger partial charge in [0.25, 0.3) is 11.4 Å². The van der Waals surface area contributed by atoms with E-state index in [0.29, 0.717) is 60.6 Å². The Morgan fingerprint density at radius 2 is 0.767 bits per heavy atom. The molecular weight excluding hydrogens is 765 g/mol. The van der Waals surface area contributed by atoms with Gasteiger partial charge < -0.3 is 29.9 Å². The second kappa shape index (κ2) is 21.1. The van der Waals surface area contributed by atoms with Gasteiger partial charge in [-0.05, 0) is 96.8 Å². The Hall–Kier alpha value is -7.74. The second-order valence-corrected chi connectivity index (χ2v) is 13.8. The lowest BCUT2D eigenvalue weighted by molar-refractivity contribution is -0.385. The maximum atomic E-state index is 13.5. The van der Waals surface area contributed by atoms with Crippen molar-refractivity contribution in [2.45, 2.75) is 38.8 Å². The molecule has 0 heterocycles. The summed E-state index contributed by atoms with van der Waals surface area (Å²) in [5, 5.41) is 28.0. The molecule has 6 aromatic carbocycles. The highest BCUT2D eigenvalue weighted by Crippen LogP contribution is 2.26. The number of unbranched alkanes of at least 4 members (excludes halogenated alkanes) is 3. The number of urea groups is 2. The average Bonchev–Trinajstić information content (AvgIpc) is 3.26. The van der Waals surface area contributed by atoms with E-state index in [1.807, 2.05) is 84.9 Å². The first-order valence-corrected chi connectivity index (χ1v) is 19.4. The van der Waals surface area contributed by atoms with Crippen LogP contribution in [0.2, 0.25) is 0 Å². The molecule has 0 fully saturated rings. The van der Waals surface area contributed by atoms with Crippen LogP contribution in [0.1, 0.15) is 36.8 Å². The largest absolute Gasteiger partial charge is 0.457 e. The van der Waals surface area contributed by atoms with Gasteiger partial charge in [-0.3, -0.25) is 20.2 Å². The van der Waals surface area contributed by atoms with E-state index in [4.69, 9.17) is 9.47 Å². The fraction of sp³-hybridized carbons (Fsp3) is 0.174. The Kier molecular flexibility index (Phi) is 14.8. The molecule has 0 aromatic heterocycles. The fourth-order valence-corrected chi connectivity index (χ4v) is 6.22. The number of nitrogens with one attached hydrogen (secondary N) is 2. The Bertz CT molecular complexity index is 2140. The molecule has 14 nitrogen and oxygen atoms in total. The molecule has 0 bridgehead atoms. The molecule has 6 rings (SSSR count). The molecule has 4 amide bonds. The molecule has 60 heavy (non-hydrogen) atoms. The monoisotopic (exact) mass is 808 g/mol. The molecule has 0 aliphatic rings. The van der Waals surface area contributed by atoms with Gasteiger partial charge in [-0.2, -0.15) is 0 Å². The molecule has 2 N–H and O–H groups in total. The van der Waals surface area contributed by atoms with Gasteiger partial charge in [0.2, 0.25) is 0 Å². The number of benzene rings is 6. The van der Waals surface area contributed by atoms with Crippen LogP contribution in [0.3, 0.4) is 0 Å². The summed E-state index contributed by atoms with van der Waals surface area (Å²) in [5.74, 6) is 2.06. The summed E-state index contributed by atoms with van der Waals surface area (Å²) in [6, 6.07) is 44.6. The van der Waals surface area contributed by atoms with Gasteiger partial charge >= 0.3 is 12.1 Å². The third-order valence-electron chi connectivity index (χ3n) is 9.39. The van der Waals surface area contributed by atoms with E-state index in [1.54, 1.807) is 58.3 Å². The third-order valence-corrected chi connectivity index (χ3v) is 9.39. The van der Waals surface area contributed by atoms with Crippen LogP contribution in [0.15, 0.2) is 158 Å². The van der Waals surface area contributed by atoms with Crippen molar-refractivity contribution in [3.05, 3.63) is 189 Å². The van der Waals surface area contributed by atoms with E-state index >= 15 is 0 Å². The molecule has 0 radical (unpaired) electrons. The Morgan fingerprint density at radius 3 is 1.08 bits per heavy atom. The normalized spacial score (nSPS) is 10.6. The maximum Gasteiger partial charge on any atom is 0.322 e. The molecule has 6 aromatic rings. The van der Waals surface area contributed by atoms with Gasteiger partial charge in [-0.15, -0.1) is 0 Å². The number of anilines is 2. The SMILES string of the molecule is O=C(Nc1ccccc1)N(CCCCCCN(Cc1ccc(Oc2ccc([N+](=O)[O-])cc2)cc1)C(=O)Nc1ccccc1)Cc1ccc(Oc2ccc([N+](=O)[O-])cc2)cc1. The highest BCUT2D eigenvalue weighted by atomic mass is 16.6. The van der Waals surface area contributed by atoms with Crippen LogP contribution in [0.4, 0.5) is 32.3 Å². The molecule has 0 atom stereocenters. The zero-order chi connectivity index (χ0) is 42.1. The highest BCUT2D eigenvalue weighted by Gasteiger charge is 2.17. The number of nitro benzene ring substituents is 2. The number of amides is 4. The van der Waals surface area contributed by atoms with Gasteiger partial charge in [0.1, 0.15) is 23.0 Å². The summed E-state index contributed by atoms with van der Waals surface area (Å²) in [6.45, 7) is 1.74. The smallest absolute Gasteiger partial charge is 0.322 e. The molecule has 0 saturated carbocycles. The van der Waals surface area contributed by atoms with E-state index in [9.17, 15) is 29.8 Å². The summed E-state index contributed by atoms with van der Waals surface area (Å²) in [4.78, 5) is 51.6. The number of hydrogen-bond acceptors (Lipinski definition) is 8. The Balaban J connectivity index is 1.03. The average molecular weight is 809 g/mol. The van der Waals surface area contributed by atoms with Crippen LogP contribution in [0.5, 0.6) is 23.0 Å². The molecule has 0 aliphatic carbocycles. The van der Waals surface area contributed by atoms with Crippen molar-refractivity contribution in [2.75, 3.05) is 23.7 Å². The van der Waals surface area contributed by atoms with E-state index < -0.39 is 9.85 Å². The minimum atomic E-state index is -0.463. The van der Waals surface area contributed by atoms with E-state index in [0.717, 1.165) is 36.8 Å². The van der Waals surface area contributed by atoms with Gasteiger partial charge in [-0.25, -0.2) is 9.59 Å². The summed E-state index contributed by atoms with van der Waals surface area (Å²) in [6.07, 6.45) is 3.16. The van der Waals surface area contributed by atoms with Crippen molar-refractivity contribution < 1.29 is 28.9 Å². The quantitative estimate of drug-likeness (QED) is 0.0463. The topological polar surface area (TPSA) is 169 Å². The van der Waals surface area contributed by atoms with Crippen molar-refractivity contribution in [3.8, 4) is 23.0 Å². The van der Waals surface area contributed by atoms with E-state index in [-0.39, 0.29) is 23.4 Å². The lowest BCUT2D eigenvalue weighted by Gasteiger charge is -2.24. The summed E-state index contributed by atoms with van der Waals surface area (Å²) < 4.78 is 11.7. The van der Waals surface area contributed by atoms with Gasteiger partial charge in [0.05, 0.1) is 9.85 Å². The van der Waals surface area contributed by atoms with Crippen LogP contribution in [-0.4, -0.2) is 44.8 Å².